The van der Waals surface area contributed by atoms with E-state index in [1.165, 1.54) is 11.1 Å². The van der Waals surface area contributed by atoms with Crippen LogP contribution in [0.4, 0.5) is 0 Å². The lowest BCUT2D eigenvalue weighted by Gasteiger charge is -2.20. The summed E-state index contributed by atoms with van der Waals surface area (Å²) in [4.78, 5) is 0. The van der Waals surface area contributed by atoms with Crippen molar-refractivity contribution in [3.05, 3.63) is 44.9 Å². The van der Waals surface area contributed by atoms with Crippen LogP contribution in [0.3, 0.4) is 0 Å². The summed E-state index contributed by atoms with van der Waals surface area (Å²) in [7, 11) is 0. The molecule has 4 heteroatoms. The Labute approximate surface area is 136 Å². The third-order valence-electron chi connectivity index (χ3n) is 3.95. The first kappa shape index (κ1) is 15.4. The summed E-state index contributed by atoms with van der Waals surface area (Å²) in [5.74, 6) is 0.976. The molecule has 106 valence electrons. The van der Waals surface area contributed by atoms with Gasteiger partial charge in [-0.2, -0.15) is 0 Å². The number of hydrogen-bond acceptors (Lipinski definition) is 2. The van der Waals surface area contributed by atoms with E-state index in [9.17, 15) is 5.11 Å². The fraction of sp³-hybridized carbons (Fsp3) is 0.250. The van der Waals surface area contributed by atoms with E-state index in [4.69, 9.17) is 3.83 Å². The third-order valence-corrected chi connectivity index (χ3v) is 4.93. The Morgan fingerprint density at radius 1 is 0.900 bits per heavy atom. The van der Waals surface area contributed by atoms with E-state index < -0.39 is 0 Å². The number of phenols is 1. The Balaban J connectivity index is 2.94. The van der Waals surface area contributed by atoms with E-state index in [1.54, 1.807) is 12.1 Å². The molecule has 20 heavy (non-hydrogen) atoms. The molecule has 0 fully saturated rings. The van der Waals surface area contributed by atoms with Crippen molar-refractivity contribution in [2.45, 2.75) is 27.7 Å². The largest absolute Gasteiger partial charge is 0.507 e. The van der Waals surface area contributed by atoms with E-state index in [0.717, 1.165) is 32.5 Å². The molecule has 0 unspecified atom stereocenters. The molecule has 0 aliphatic carbocycles. The summed E-state index contributed by atoms with van der Waals surface area (Å²) in [6, 6.07) is 5.40. The second-order valence-corrected chi connectivity index (χ2v) is 6.09. The van der Waals surface area contributed by atoms with Crippen LogP contribution in [0, 0.1) is 27.7 Å². The van der Waals surface area contributed by atoms with Gasteiger partial charge < -0.3 is 8.93 Å². The average Bonchev–Trinajstić information content (AvgIpc) is 2.42. The van der Waals surface area contributed by atoms with E-state index in [0.29, 0.717) is 0 Å². The van der Waals surface area contributed by atoms with Gasteiger partial charge >= 0.3 is 0 Å². The van der Waals surface area contributed by atoms with Gasteiger partial charge in [-0.25, -0.2) is 0 Å². The van der Waals surface area contributed by atoms with Crippen molar-refractivity contribution < 1.29 is 8.93 Å². The number of phenolic OH excluding ortho intramolecular Hbond substituents is 1. The van der Waals surface area contributed by atoms with Crippen LogP contribution >= 0.6 is 32.2 Å². The number of aromatic hydroxyl groups is 1. The van der Waals surface area contributed by atoms with Crippen molar-refractivity contribution in [1.82, 2.24) is 0 Å². The van der Waals surface area contributed by atoms with Crippen molar-refractivity contribution in [1.29, 1.82) is 0 Å². The van der Waals surface area contributed by atoms with Gasteiger partial charge in [0.2, 0.25) is 0 Å². The minimum Gasteiger partial charge on any atom is -0.507 e. The van der Waals surface area contributed by atoms with Crippen molar-refractivity contribution in [2.24, 2.45) is 0 Å². The molecule has 0 bridgehead atoms. The molecule has 2 aromatic rings. The van der Waals surface area contributed by atoms with Gasteiger partial charge in [0, 0.05) is 15.6 Å². The van der Waals surface area contributed by atoms with Gasteiger partial charge in [-0.05, 0) is 62.1 Å². The predicted octanol–water partition coefficient (Wildman–Crippen LogP) is 5.74. The van der Waals surface area contributed by atoms with Crippen LogP contribution in [0.5, 0.6) is 11.5 Å². The van der Waals surface area contributed by atoms with Crippen LogP contribution in [0.1, 0.15) is 22.3 Å². The lowest BCUT2D eigenvalue weighted by atomic mass is 9.89. The van der Waals surface area contributed by atoms with Gasteiger partial charge in [-0.1, -0.05) is 22.0 Å². The van der Waals surface area contributed by atoms with E-state index in [-0.39, 0.29) is 5.75 Å². The maximum absolute atomic E-state index is 10.2. The number of hydrogen-bond donors (Lipinski definition) is 1. The molecule has 0 saturated carbocycles. The first-order chi connectivity index (χ1) is 9.40. The Kier molecular flexibility index (Phi) is 4.45. The molecule has 2 nitrogen and oxygen atoms in total. The molecular weight excluding hydrogens is 384 g/mol. The van der Waals surface area contributed by atoms with Crippen LogP contribution in [-0.4, -0.2) is 5.11 Å². The van der Waals surface area contributed by atoms with E-state index in [1.807, 2.05) is 19.9 Å². The standard InChI is InChI=1S/C16H16Br2O2/c1-8-9(2)11(4)16(20-18)14(10(8)3)15-12(17)6-5-7-13(15)19/h5-7,19H,1-4H3. The fourth-order valence-corrected chi connectivity index (χ4v) is 3.39. The minimum absolute atomic E-state index is 0.232. The summed E-state index contributed by atoms with van der Waals surface area (Å²) in [5, 5.41) is 10.2. The minimum atomic E-state index is 0.232. The molecule has 0 radical (unpaired) electrons. The lowest BCUT2D eigenvalue weighted by molar-refractivity contribution is 0.476. The van der Waals surface area contributed by atoms with Gasteiger partial charge in [0.25, 0.3) is 0 Å². The molecule has 0 amide bonds. The van der Waals surface area contributed by atoms with Gasteiger partial charge in [-0.15, -0.1) is 0 Å². The van der Waals surface area contributed by atoms with E-state index >= 15 is 0 Å². The first-order valence-corrected chi connectivity index (χ1v) is 7.71. The molecule has 0 saturated heterocycles. The summed E-state index contributed by atoms with van der Waals surface area (Å²) in [5.41, 5.74) is 6.24. The topological polar surface area (TPSA) is 29.5 Å². The van der Waals surface area contributed by atoms with Gasteiger partial charge in [0.1, 0.15) is 11.5 Å². The Morgan fingerprint density at radius 3 is 2.05 bits per heavy atom. The SMILES string of the molecule is Cc1c(C)c(C)c(-c2c(O)cccc2Br)c(OBr)c1C. The van der Waals surface area contributed by atoms with Crippen molar-refractivity contribution in [3.63, 3.8) is 0 Å². The van der Waals surface area contributed by atoms with Gasteiger partial charge in [0.05, 0.1) is 0 Å². The normalized spacial score (nSPS) is 10.7. The van der Waals surface area contributed by atoms with Crippen LogP contribution in [0.2, 0.25) is 0 Å². The monoisotopic (exact) mass is 398 g/mol. The Hall–Kier alpha value is -1.000. The highest BCUT2D eigenvalue weighted by Crippen LogP contribution is 2.46. The highest BCUT2D eigenvalue weighted by atomic mass is 79.9. The molecule has 0 aromatic heterocycles. The maximum Gasteiger partial charge on any atom is 0.179 e. The zero-order valence-corrected chi connectivity index (χ0v) is 15.0. The zero-order chi connectivity index (χ0) is 15.0. The van der Waals surface area contributed by atoms with Gasteiger partial charge in [-0.3, -0.25) is 0 Å². The summed E-state index contributed by atoms with van der Waals surface area (Å²) < 4.78 is 6.28. The first-order valence-electron chi connectivity index (χ1n) is 6.27. The third kappa shape index (κ3) is 2.35. The number of benzene rings is 2. The van der Waals surface area contributed by atoms with Crippen LogP contribution in [0.15, 0.2) is 22.7 Å². The second kappa shape index (κ2) is 5.78. The molecule has 0 aliphatic rings. The maximum atomic E-state index is 10.2. The van der Waals surface area contributed by atoms with Crippen molar-refractivity contribution in [2.75, 3.05) is 0 Å². The molecule has 0 atom stereocenters. The Bertz CT molecular complexity index is 659. The summed E-state index contributed by atoms with van der Waals surface area (Å²) in [6.07, 6.45) is 0. The molecule has 2 rings (SSSR count). The smallest absolute Gasteiger partial charge is 0.179 e. The van der Waals surface area contributed by atoms with Crippen molar-refractivity contribution >= 4 is 32.2 Å². The zero-order valence-electron chi connectivity index (χ0n) is 11.8. The van der Waals surface area contributed by atoms with Gasteiger partial charge in [0.15, 0.2) is 16.3 Å². The highest BCUT2D eigenvalue weighted by Gasteiger charge is 2.21. The molecule has 0 spiro atoms. The van der Waals surface area contributed by atoms with Crippen molar-refractivity contribution in [3.8, 4) is 22.6 Å². The van der Waals surface area contributed by atoms with E-state index in [2.05, 4.69) is 46.0 Å². The predicted molar refractivity (Wildman–Crippen MR) is 89.7 cm³/mol. The molecule has 0 aliphatic heterocycles. The average molecular weight is 400 g/mol. The number of halogens is 2. The molecule has 2 aromatic carbocycles. The molecule has 1 N–H and O–H groups in total. The lowest BCUT2D eigenvalue weighted by Crippen LogP contribution is -1.99. The van der Waals surface area contributed by atoms with Crippen LogP contribution in [0.25, 0.3) is 11.1 Å². The molecule has 0 heterocycles. The number of rotatable bonds is 2. The summed E-state index contributed by atoms with van der Waals surface area (Å²) in [6.45, 7) is 8.24. The molecular formula is C16H16Br2O2. The Morgan fingerprint density at radius 2 is 1.50 bits per heavy atom. The van der Waals surface area contributed by atoms with Crippen LogP contribution in [-0.2, 0) is 0 Å². The fourth-order valence-electron chi connectivity index (χ4n) is 2.44. The van der Waals surface area contributed by atoms with Crippen LogP contribution < -0.4 is 3.83 Å². The highest BCUT2D eigenvalue weighted by molar-refractivity contribution is 9.10. The quantitative estimate of drug-likeness (QED) is 0.697. The summed E-state index contributed by atoms with van der Waals surface area (Å²) >= 11 is 6.62. The second-order valence-electron chi connectivity index (χ2n) is 4.92.